The lowest BCUT2D eigenvalue weighted by Gasteiger charge is -2.17. The first kappa shape index (κ1) is 33.7. The molecule has 0 aliphatic rings. The van der Waals surface area contributed by atoms with E-state index in [4.69, 9.17) is 34.2 Å². The molecule has 4 atom stereocenters. The Morgan fingerprint density at radius 3 is 1.87 bits per heavy atom. The Morgan fingerprint density at radius 2 is 1.33 bits per heavy atom. The minimum Gasteiger partial charge on any atom is -0.461 e. The molecule has 0 spiro atoms. The number of hydrogen-bond donors (Lipinski definition) is 1. The summed E-state index contributed by atoms with van der Waals surface area (Å²) in [5.74, 6) is -1.23. The van der Waals surface area contributed by atoms with Crippen LogP contribution in [0.5, 0.6) is 11.5 Å². The van der Waals surface area contributed by atoms with Crippen LogP contribution < -0.4 is 15.2 Å². The number of ether oxygens (including phenoxy) is 6. The van der Waals surface area contributed by atoms with Crippen molar-refractivity contribution >= 4 is 24.2 Å². The topological polar surface area (TPSA) is 150 Å². The molecule has 2 N–H and O–H groups in total. The van der Waals surface area contributed by atoms with Gasteiger partial charge in [0.05, 0.1) is 0 Å². The highest BCUT2D eigenvalue weighted by Gasteiger charge is 2.22. The summed E-state index contributed by atoms with van der Waals surface area (Å²) >= 11 is 0. The first-order valence-corrected chi connectivity index (χ1v) is 13.5. The summed E-state index contributed by atoms with van der Waals surface area (Å²) in [6, 6.07) is 3.34. The summed E-state index contributed by atoms with van der Waals surface area (Å²) in [5, 5.41) is 0. The number of rotatable bonds is 16. The third-order valence-corrected chi connectivity index (χ3v) is 5.39. The summed E-state index contributed by atoms with van der Waals surface area (Å²) in [6.07, 6.45) is 0.643. The predicted octanol–water partition coefficient (Wildman–Crippen LogP) is 5.24. The highest BCUT2D eigenvalue weighted by atomic mass is 16.7. The van der Waals surface area contributed by atoms with E-state index in [1.807, 2.05) is 20.8 Å². The van der Waals surface area contributed by atoms with Crippen molar-refractivity contribution in [2.24, 2.45) is 5.73 Å². The van der Waals surface area contributed by atoms with Crippen LogP contribution in [0.2, 0.25) is 0 Å². The van der Waals surface area contributed by atoms with Gasteiger partial charge < -0.3 is 34.2 Å². The highest BCUT2D eigenvalue weighted by Crippen LogP contribution is 2.30. The van der Waals surface area contributed by atoms with Crippen LogP contribution in [0.15, 0.2) is 18.2 Å². The van der Waals surface area contributed by atoms with Crippen LogP contribution in [0.4, 0.5) is 9.59 Å². The molecule has 0 aromatic heterocycles. The number of nitrogens with two attached hydrogens (primary N) is 1. The van der Waals surface area contributed by atoms with Crippen molar-refractivity contribution in [1.82, 2.24) is 0 Å². The first-order valence-electron chi connectivity index (χ1n) is 13.5. The van der Waals surface area contributed by atoms with Gasteiger partial charge in [0, 0.05) is 6.42 Å². The van der Waals surface area contributed by atoms with Crippen molar-refractivity contribution < 1.29 is 47.6 Å². The minimum absolute atomic E-state index is 0.0265. The van der Waals surface area contributed by atoms with E-state index in [9.17, 15) is 19.2 Å². The summed E-state index contributed by atoms with van der Waals surface area (Å²) in [6.45, 7) is 10.7. The maximum absolute atomic E-state index is 12.4. The van der Waals surface area contributed by atoms with E-state index in [1.165, 1.54) is 12.1 Å². The lowest BCUT2D eigenvalue weighted by atomic mass is 10.1. The Hall–Kier alpha value is -3.34. The van der Waals surface area contributed by atoms with Crippen molar-refractivity contribution in [3.8, 4) is 11.5 Å². The van der Waals surface area contributed by atoms with Gasteiger partial charge in [0.15, 0.2) is 11.5 Å². The first-order chi connectivity index (χ1) is 18.5. The minimum atomic E-state index is -1.06. The summed E-state index contributed by atoms with van der Waals surface area (Å²) in [4.78, 5) is 48.6. The van der Waals surface area contributed by atoms with Crippen LogP contribution in [0, 0.1) is 0 Å². The van der Waals surface area contributed by atoms with Crippen molar-refractivity contribution in [3.05, 3.63) is 23.8 Å². The Morgan fingerprint density at radius 1 is 0.769 bits per heavy atom. The van der Waals surface area contributed by atoms with E-state index in [0.717, 1.165) is 12.8 Å². The smallest absolute Gasteiger partial charge is 0.461 e. The average Bonchev–Trinajstić information content (AvgIpc) is 2.84. The van der Waals surface area contributed by atoms with Gasteiger partial charge in [0.2, 0.25) is 0 Å². The summed E-state index contributed by atoms with van der Waals surface area (Å²) in [7, 11) is 0. The fraction of sp³-hybridized carbons (Fsp3) is 0.643. The van der Waals surface area contributed by atoms with E-state index >= 15 is 0 Å². The fourth-order valence-electron chi connectivity index (χ4n) is 3.50. The number of carbonyl (C=O) groups is 4. The molecular weight excluding hydrogens is 510 g/mol. The van der Waals surface area contributed by atoms with Crippen LogP contribution in [-0.4, -0.2) is 55.2 Å². The third kappa shape index (κ3) is 13.9. The predicted molar refractivity (Wildman–Crippen MR) is 143 cm³/mol. The van der Waals surface area contributed by atoms with Gasteiger partial charge in [0.25, 0.3) is 0 Å². The van der Waals surface area contributed by atoms with E-state index in [2.05, 4.69) is 0 Å². The molecule has 0 aliphatic heterocycles. The number of esters is 2. The average molecular weight is 554 g/mol. The number of hydrogen-bond acceptors (Lipinski definition) is 11. The second-order valence-electron chi connectivity index (χ2n) is 9.41. The molecule has 39 heavy (non-hydrogen) atoms. The van der Waals surface area contributed by atoms with Gasteiger partial charge in [-0.1, -0.05) is 39.7 Å². The monoisotopic (exact) mass is 553 g/mol. The van der Waals surface area contributed by atoms with Crippen molar-refractivity contribution in [2.45, 2.75) is 111 Å². The molecule has 1 rings (SSSR count). The van der Waals surface area contributed by atoms with E-state index in [-0.39, 0.29) is 49.1 Å². The van der Waals surface area contributed by atoms with Crippen molar-refractivity contribution in [2.75, 3.05) is 6.61 Å². The summed E-state index contributed by atoms with van der Waals surface area (Å²) < 4.78 is 31.4. The molecule has 0 bridgehead atoms. The van der Waals surface area contributed by atoms with Crippen molar-refractivity contribution in [1.29, 1.82) is 0 Å². The molecular formula is C28H43NO10. The second kappa shape index (κ2) is 18.0. The lowest BCUT2D eigenvalue weighted by molar-refractivity contribution is -0.158. The molecule has 1 aromatic carbocycles. The van der Waals surface area contributed by atoms with Crippen LogP contribution >= 0.6 is 0 Å². The quantitative estimate of drug-likeness (QED) is 0.163. The Bertz CT molecular complexity index is 935. The van der Waals surface area contributed by atoms with Gasteiger partial charge >= 0.3 is 24.2 Å². The molecule has 0 amide bonds. The van der Waals surface area contributed by atoms with Gasteiger partial charge in [-0.25, -0.2) is 9.59 Å². The third-order valence-electron chi connectivity index (χ3n) is 5.39. The SMILES string of the molecule is CCCC(=O)O[C@@H](C)COC(=O)[C@@H](N)Cc1ccc(OC(=O)OC(C)CCC)c(OC(=O)OC(C)CCC)c1. The molecule has 0 radical (unpaired) electrons. The molecule has 11 nitrogen and oxygen atoms in total. The molecule has 0 aliphatic carbocycles. The maximum atomic E-state index is 12.4. The van der Waals surface area contributed by atoms with E-state index in [1.54, 1.807) is 26.8 Å². The maximum Gasteiger partial charge on any atom is 0.514 e. The fourth-order valence-corrected chi connectivity index (χ4v) is 3.50. The molecule has 0 saturated carbocycles. The normalized spacial score (nSPS) is 13.8. The molecule has 11 heteroatoms. The Kier molecular flexibility index (Phi) is 15.6. The zero-order valence-corrected chi connectivity index (χ0v) is 23.9. The van der Waals surface area contributed by atoms with E-state index in [0.29, 0.717) is 24.8 Å². The van der Waals surface area contributed by atoms with Gasteiger partial charge in [-0.3, -0.25) is 9.59 Å². The zero-order chi connectivity index (χ0) is 29.4. The molecule has 2 unspecified atom stereocenters. The zero-order valence-electron chi connectivity index (χ0n) is 23.9. The lowest BCUT2D eigenvalue weighted by Crippen LogP contribution is -2.36. The Labute approximate surface area is 230 Å². The van der Waals surface area contributed by atoms with Gasteiger partial charge in [0.1, 0.15) is 31.0 Å². The number of carbonyl (C=O) groups excluding carboxylic acids is 4. The van der Waals surface area contributed by atoms with Crippen LogP contribution in [0.1, 0.15) is 85.6 Å². The molecule has 0 fully saturated rings. The Balaban J connectivity index is 2.92. The van der Waals surface area contributed by atoms with Gasteiger partial charge in [-0.05, 0) is 64.2 Å². The van der Waals surface area contributed by atoms with Gasteiger partial charge in [-0.2, -0.15) is 0 Å². The molecule has 1 aromatic rings. The standard InChI is InChI=1S/C28H43NO10/c1-7-10-18(4)36-27(32)38-23-14-13-21(16-24(23)39-28(33)37-19(5)11-8-2)15-22(29)26(31)34-17-20(6)35-25(30)12-9-3/h13-14,16,18-20,22H,7-12,15,17,29H2,1-6H3/t18?,19?,20-,22-/m0/s1. The number of benzene rings is 1. The van der Waals surface area contributed by atoms with Gasteiger partial charge in [-0.15, -0.1) is 0 Å². The molecule has 0 heterocycles. The van der Waals surface area contributed by atoms with E-state index < -0.39 is 30.4 Å². The van der Waals surface area contributed by atoms with Crippen LogP contribution in [0.25, 0.3) is 0 Å². The molecule has 220 valence electrons. The van der Waals surface area contributed by atoms with Crippen LogP contribution in [-0.2, 0) is 35.0 Å². The summed E-state index contributed by atoms with van der Waals surface area (Å²) in [5.41, 5.74) is 6.52. The van der Waals surface area contributed by atoms with Crippen LogP contribution in [0.3, 0.4) is 0 Å². The largest absolute Gasteiger partial charge is 0.514 e. The molecule has 0 saturated heterocycles. The van der Waals surface area contributed by atoms with Crippen molar-refractivity contribution in [3.63, 3.8) is 0 Å². The second-order valence-corrected chi connectivity index (χ2v) is 9.41. The highest BCUT2D eigenvalue weighted by molar-refractivity contribution is 5.76.